The molecule has 0 heterocycles. The minimum absolute atomic E-state index is 0.0731. The van der Waals surface area contributed by atoms with Gasteiger partial charge in [-0.25, -0.2) is 0 Å². The lowest BCUT2D eigenvalue weighted by atomic mass is 10.1. The molecule has 2 aromatic carbocycles. The number of hydrogen-bond donors (Lipinski definition) is 2. The molecular weight excluding hydrogens is 452 g/mol. The van der Waals surface area contributed by atoms with Gasteiger partial charge in [0.1, 0.15) is 23.0 Å². The molecule has 0 fully saturated rings. The number of carbonyl (C=O) groups excluding carboxylic acids is 3. The Balaban J connectivity index is 2.18. The van der Waals surface area contributed by atoms with Gasteiger partial charge in [0.05, 0.1) is 39.7 Å². The summed E-state index contributed by atoms with van der Waals surface area (Å²) in [5, 5.41) is 4.75. The molecule has 0 saturated carbocycles. The molecule has 0 atom stereocenters. The molecule has 0 radical (unpaired) electrons. The highest BCUT2D eigenvalue weighted by Crippen LogP contribution is 2.35. The molecule has 0 saturated heterocycles. The van der Waals surface area contributed by atoms with Crippen LogP contribution >= 0.6 is 11.6 Å². The normalized spacial score (nSPS) is 10.5. The van der Waals surface area contributed by atoms with Crippen molar-refractivity contribution in [3.8, 4) is 23.0 Å². The summed E-state index contributed by atoms with van der Waals surface area (Å²) in [5.74, 6) is 1.05. The largest absolute Gasteiger partial charge is 0.496 e. The quantitative estimate of drug-likeness (QED) is 0.374. The van der Waals surface area contributed by atoms with E-state index in [0.29, 0.717) is 39.9 Å². The smallest absolute Gasteiger partial charge is 0.248 e. The van der Waals surface area contributed by atoms with Crippen LogP contribution in [0.25, 0.3) is 6.08 Å². The average Bonchev–Trinajstić information content (AvgIpc) is 2.81. The molecule has 176 valence electrons. The Labute approximate surface area is 196 Å². The van der Waals surface area contributed by atoms with E-state index in [9.17, 15) is 14.4 Å². The minimum Gasteiger partial charge on any atom is -0.496 e. The van der Waals surface area contributed by atoms with Gasteiger partial charge in [-0.2, -0.15) is 0 Å². The van der Waals surface area contributed by atoms with Crippen molar-refractivity contribution in [3.05, 3.63) is 42.0 Å². The van der Waals surface area contributed by atoms with Gasteiger partial charge < -0.3 is 29.6 Å². The van der Waals surface area contributed by atoms with E-state index in [-0.39, 0.29) is 12.8 Å². The van der Waals surface area contributed by atoms with Crippen molar-refractivity contribution in [2.45, 2.75) is 12.8 Å². The molecule has 10 heteroatoms. The molecule has 2 amide bonds. The summed E-state index contributed by atoms with van der Waals surface area (Å²) < 4.78 is 21.2. The van der Waals surface area contributed by atoms with Crippen molar-refractivity contribution in [2.24, 2.45) is 0 Å². The van der Waals surface area contributed by atoms with E-state index in [1.165, 1.54) is 34.5 Å². The van der Waals surface area contributed by atoms with Crippen molar-refractivity contribution in [1.82, 2.24) is 0 Å². The molecule has 9 nitrogen and oxygen atoms in total. The molecule has 0 spiro atoms. The number of benzene rings is 2. The van der Waals surface area contributed by atoms with Gasteiger partial charge in [0.15, 0.2) is 0 Å². The zero-order chi connectivity index (χ0) is 24.4. The Bertz CT molecular complexity index is 1030. The molecule has 0 bridgehead atoms. The number of rotatable bonds is 11. The summed E-state index contributed by atoms with van der Waals surface area (Å²) in [6.07, 6.45) is 2.72. The number of halogens is 1. The lowest BCUT2D eigenvalue weighted by Gasteiger charge is -2.13. The van der Waals surface area contributed by atoms with Crippen LogP contribution in [0.3, 0.4) is 0 Å². The fourth-order valence-electron chi connectivity index (χ4n) is 2.85. The molecule has 33 heavy (non-hydrogen) atoms. The van der Waals surface area contributed by atoms with Crippen LogP contribution in [0.4, 0.5) is 11.4 Å². The third-order valence-electron chi connectivity index (χ3n) is 4.44. The number of hydrogen-bond acceptors (Lipinski definition) is 7. The number of anilines is 2. The molecular formula is C23H25ClN2O7. The number of methoxy groups -OCH3 is 4. The number of carbonyl (C=O) groups is 3. The molecule has 0 aromatic heterocycles. The van der Waals surface area contributed by atoms with Crippen LogP contribution in [0.15, 0.2) is 36.4 Å². The van der Waals surface area contributed by atoms with Gasteiger partial charge in [-0.05, 0) is 35.9 Å². The molecule has 2 rings (SSSR count). The molecule has 0 aliphatic carbocycles. The molecule has 0 unspecified atom stereocenters. The van der Waals surface area contributed by atoms with Crippen LogP contribution in [0, 0.1) is 0 Å². The summed E-state index contributed by atoms with van der Waals surface area (Å²) in [4.78, 5) is 35.4. The minimum atomic E-state index is -0.602. The highest BCUT2D eigenvalue weighted by molar-refractivity contribution is 6.63. The first-order chi connectivity index (χ1) is 15.8. The van der Waals surface area contributed by atoms with Crippen molar-refractivity contribution in [1.29, 1.82) is 0 Å². The summed E-state index contributed by atoms with van der Waals surface area (Å²) in [7, 11) is 5.98. The van der Waals surface area contributed by atoms with E-state index in [1.807, 2.05) is 0 Å². The monoisotopic (exact) mass is 476 g/mol. The van der Waals surface area contributed by atoms with Gasteiger partial charge in [0.25, 0.3) is 0 Å². The SMILES string of the molecule is COc1cc(OC)c(C=CC(=O)Nc2ccc(OC)c(NC(=O)CCC(=O)Cl)c2)c(OC)c1. The maximum Gasteiger partial charge on any atom is 0.248 e. The first-order valence-corrected chi connectivity index (χ1v) is 10.1. The number of nitrogens with one attached hydrogen (secondary N) is 2. The standard InChI is InChI=1S/C23H25ClN2O7/c1-30-15-12-19(32-3)16(20(13-15)33-4)6-9-22(28)25-14-5-7-18(31-2)17(11-14)26-23(29)10-8-21(24)27/h5-7,9,11-13H,8,10H2,1-4H3,(H,25,28)(H,26,29). The third kappa shape index (κ3) is 7.43. The summed E-state index contributed by atoms with van der Waals surface area (Å²) in [6, 6.07) is 8.11. The summed E-state index contributed by atoms with van der Waals surface area (Å²) in [5.41, 5.74) is 1.32. The fraction of sp³-hybridized carbons (Fsp3) is 0.261. The lowest BCUT2D eigenvalue weighted by molar-refractivity contribution is -0.119. The second kappa shape index (κ2) is 12.4. The zero-order valence-electron chi connectivity index (χ0n) is 18.7. The first-order valence-electron chi connectivity index (χ1n) is 9.76. The van der Waals surface area contributed by atoms with Gasteiger partial charge >= 0.3 is 0 Å². The molecule has 2 aromatic rings. The molecule has 0 aliphatic heterocycles. The zero-order valence-corrected chi connectivity index (χ0v) is 19.4. The fourth-order valence-corrected chi connectivity index (χ4v) is 2.94. The van der Waals surface area contributed by atoms with Crippen molar-refractivity contribution < 1.29 is 33.3 Å². The predicted octanol–water partition coefficient (Wildman–Crippen LogP) is 3.86. The number of ether oxygens (including phenoxy) is 4. The van der Waals surface area contributed by atoms with Crippen LogP contribution in [0.1, 0.15) is 18.4 Å². The van der Waals surface area contributed by atoms with E-state index < -0.39 is 17.1 Å². The van der Waals surface area contributed by atoms with E-state index in [2.05, 4.69) is 10.6 Å². The van der Waals surface area contributed by atoms with E-state index in [1.54, 1.807) is 36.4 Å². The van der Waals surface area contributed by atoms with Crippen molar-refractivity contribution in [3.63, 3.8) is 0 Å². The summed E-state index contributed by atoms with van der Waals surface area (Å²) in [6.45, 7) is 0. The van der Waals surface area contributed by atoms with E-state index >= 15 is 0 Å². The van der Waals surface area contributed by atoms with E-state index in [0.717, 1.165) is 0 Å². The highest BCUT2D eigenvalue weighted by Gasteiger charge is 2.13. The van der Waals surface area contributed by atoms with Crippen LogP contribution in [-0.2, 0) is 14.4 Å². The summed E-state index contributed by atoms with van der Waals surface area (Å²) >= 11 is 5.27. The average molecular weight is 477 g/mol. The molecule has 2 N–H and O–H groups in total. The lowest BCUT2D eigenvalue weighted by Crippen LogP contribution is -2.14. The Morgan fingerprint density at radius 1 is 0.848 bits per heavy atom. The van der Waals surface area contributed by atoms with Gasteiger partial charge in [-0.3, -0.25) is 14.4 Å². The Morgan fingerprint density at radius 2 is 1.48 bits per heavy atom. The Morgan fingerprint density at radius 3 is 2.03 bits per heavy atom. The van der Waals surface area contributed by atoms with Gasteiger partial charge in [0, 0.05) is 36.7 Å². The van der Waals surface area contributed by atoms with E-state index in [4.69, 9.17) is 30.5 Å². The van der Waals surface area contributed by atoms with Crippen LogP contribution < -0.4 is 29.6 Å². The van der Waals surface area contributed by atoms with Crippen molar-refractivity contribution in [2.75, 3.05) is 39.1 Å². The van der Waals surface area contributed by atoms with Gasteiger partial charge in [0.2, 0.25) is 17.1 Å². The highest BCUT2D eigenvalue weighted by atomic mass is 35.5. The third-order valence-corrected chi connectivity index (χ3v) is 4.63. The Hall–Kier alpha value is -3.72. The van der Waals surface area contributed by atoms with Crippen LogP contribution in [-0.4, -0.2) is 45.5 Å². The predicted molar refractivity (Wildman–Crippen MR) is 125 cm³/mol. The second-order valence-corrected chi connectivity index (χ2v) is 7.01. The number of amides is 2. The Kier molecular flexibility index (Phi) is 9.56. The van der Waals surface area contributed by atoms with Gasteiger partial charge in [-0.15, -0.1) is 0 Å². The van der Waals surface area contributed by atoms with Gasteiger partial charge in [-0.1, -0.05) is 0 Å². The topological polar surface area (TPSA) is 112 Å². The second-order valence-electron chi connectivity index (χ2n) is 6.59. The van der Waals surface area contributed by atoms with Crippen LogP contribution in [0.5, 0.6) is 23.0 Å². The molecule has 0 aliphatic rings. The maximum atomic E-state index is 12.5. The van der Waals surface area contributed by atoms with Crippen LogP contribution in [0.2, 0.25) is 0 Å². The maximum absolute atomic E-state index is 12.5. The first kappa shape index (κ1) is 25.5. The van der Waals surface area contributed by atoms with Crippen molar-refractivity contribution >= 4 is 46.1 Å².